The van der Waals surface area contributed by atoms with Gasteiger partial charge in [0.2, 0.25) is 0 Å². The lowest BCUT2D eigenvalue weighted by molar-refractivity contribution is 0.862. The molecule has 0 saturated heterocycles. The summed E-state index contributed by atoms with van der Waals surface area (Å²) in [6.45, 7) is 12.8. The fourth-order valence-corrected chi connectivity index (χ4v) is 5.17. The highest BCUT2D eigenvalue weighted by atomic mass is 15.1. The van der Waals surface area contributed by atoms with E-state index in [0.29, 0.717) is 0 Å². The molecule has 0 aliphatic rings. The van der Waals surface area contributed by atoms with Gasteiger partial charge in [0.15, 0.2) is 0 Å². The van der Waals surface area contributed by atoms with E-state index in [9.17, 15) is 0 Å². The molecule has 4 rings (SSSR count). The van der Waals surface area contributed by atoms with Gasteiger partial charge >= 0.3 is 0 Å². The maximum atomic E-state index is 2.45. The number of rotatable bonds is 11. The van der Waals surface area contributed by atoms with Crippen molar-refractivity contribution in [3.05, 3.63) is 144 Å². The van der Waals surface area contributed by atoms with Crippen LogP contribution in [-0.2, 0) is 0 Å². The number of allylic oxidation sites excluding steroid dienone is 2. The van der Waals surface area contributed by atoms with Gasteiger partial charge in [-0.2, -0.15) is 0 Å². The Balaban J connectivity index is 2.01. The van der Waals surface area contributed by atoms with E-state index in [4.69, 9.17) is 0 Å². The van der Waals surface area contributed by atoms with Gasteiger partial charge in [0, 0.05) is 48.7 Å². The van der Waals surface area contributed by atoms with E-state index < -0.39 is 0 Å². The minimum Gasteiger partial charge on any atom is -0.372 e. The molecule has 2 heteroatoms. The van der Waals surface area contributed by atoms with E-state index in [0.717, 1.165) is 26.2 Å². The summed E-state index contributed by atoms with van der Waals surface area (Å²) in [5.74, 6) is 0. The van der Waals surface area contributed by atoms with Crippen LogP contribution in [0.4, 0.5) is 11.4 Å². The van der Waals surface area contributed by atoms with E-state index in [1.807, 2.05) is 0 Å². The quantitative estimate of drug-likeness (QED) is 0.190. The number of anilines is 2. The van der Waals surface area contributed by atoms with E-state index in [1.54, 1.807) is 0 Å². The van der Waals surface area contributed by atoms with Gasteiger partial charge in [-0.1, -0.05) is 109 Å². The van der Waals surface area contributed by atoms with E-state index in [2.05, 4.69) is 159 Å². The molecule has 0 spiro atoms. The van der Waals surface area contributed by atoms with E-state index in [-0.39, 0.29) is 0 Å². The molecule has 0 saturated carbocycles. The summed E-state index contributed by atoms with van der Waals surface area (Å²) >= 11 is 0. The molecule has 4 aromatic carbocycles. The molecule has 0 heterocycles. The third-order valence-electron chi connectivity index (χ3n) is 7.18. The number of nitrogens with zero attached hydrogens (tertiary/aromatic N) is 2. The molecular formula is C36H40N2. The standard InChI is InChI=1S/C36H40N2/c1-5-37(6-2)35-25-17-15-23-33(35)32(34-24-16-18-26-36(34)38(7-3)8-4)28-27-31(29-19-11-9-12-20-29)30-21-13-10-14-22-30/h9-28H,5-8H2,1-4H3. The molecule has 4 aromatic rings. The van der Waals surface area contributed by atoms with Crippen LogP contribution in [0.2, 0.25) is 0 Å². The lowest BCUT2D eigenvalue weighted by atomic mass is 9.91. The first-order valence-electron chi connectivity index (χ1n) is 13.9. The lowest BCUT2D eigenvalue weighted by Crippen LogP contribution is -2.24. The Bertz CT molecular complexity index is 1250. The maximum absolute atomic E-state index is 2.45. The summed E-state index contributed by atoms with van der Waals surface area (Å²) in [6, 6.07) is 39.1. The van der Waals surface area contributed by atoms with Gasteiger partial charge in [-0.15, -0.1) is 0 Å². The predicted octanol–water partition coefficient (Wildman–Crippen LogP) is 8.94. The molecule has 194 valence electrons. The zero-order valence-electron chi connectivity index (χ0n) is 23.3. The summed E-state index contributed by atoms with van der Waals surface area (Å²) in [4.78, 5) is 4.89. The zero-order valence-corrected chi connectivity index (χ0v) is 23.3. The molecule has 0 unspecified atom stereocenters. The highest BCUT2D eigenvalue weighted by Crippen LogP contribution is 2.37. The second-order valence-corrected chi connectivity index (χ2v) is 9.27. The first-order valence-corrected chi connectivity index (χ1v) is 13.9. The SMILES string of the molecule is CCN(CC)c1ccccc1C(=CC=C(c1ccccc1)c1ccccc1)c1ccccc1N(CC)CC. The summed E-state index contributed by atoms with van der Waals surface area (Å²) < 4.78 is 0. The van der Waals surface area contributed by atoms with Crippen LogP contribution in [0, 0.1) is 0 Å². The van der Waals surface area contributed by atoms with E-state index >= 15 is 0 Å². The minimum absolute atomic E-state index is 0.966. The Morgan fingerprint density at radius 1 is 0.447 bits per heavy atom. The fraction of sp³-hybridized carbons (Fsp3) is 0.222. The molecule has 2 nitrogen and oxygen atoms in total. The van der Waals surface area contributed by atoms with Crippen LogP contribution in [0.3, 0.4) is 0 Å². The summed E-state index contributed by atoms with van der Waals surface area (Å²) in [6.07, 6.45) is 4.64. The second kappa shape index (κ2) is 13.5. The van der Waals surface area contributed by atoms with Crippen molar-refractivity contribution in [3.8, 4) is 0 Å². The molecule has 0 amide bonds. The smallest absolute Gasteiger partial charge is 0.0445 e. The lowest BCUT2D eigenvalue weighted by Gasteiger charge is -2.28. The normalized spacial score (nSPS) is 10.5. The Hall–Kier alpha value is -4.04. The number of hydrogen-bond donors (Lipinski definition) is 0. The Kier molecular flexibility index (Phi) is 9.59. The van der Waals surface area contributed by atoms with Gasteiger partial charge in [-0.05, 0) is 62.1 Å². The van der Waals surface area contributed by atoms with Gasteiger partial charge in [-0.3, -0.25) is 0 Å². The van der Waals surface area contributed by atoms with Crippen LogP contribution in [0.25, 0.3) is 11.1 Å². The average molecular weight is 501 g/mol. The van der Waals surface area contributed by atoms with Crippen molar-refractivity contribution >= 4 is 22.5 Å². The molecule has 0 fully saturated rings. The van der Waals surface area contributed by atoms with Gasteiger partial charge in [0.05, 0.1) is 0 Å². The molecule has 0 radical (unpaired) electrons. The third kappa shape index (κ3) is 6.08. The minimum atomic E-state index is 0.966. The highest BCUT2D eigenvalue weighted by Gasteiger charge is 2.18. The maximum Gasteiger partial charge on any atom is 0.0445 e. The summed E-state index contributed by atoms with van der Waals surface area (Å²) in [5, 5.41) is 0. The molecule has 0 N–H and O–H groups in total. The van der Waals surface area contributed by atoms with Crippen molar-refractivity contribution < 1.29 is 0 Å². The first kappa shape index (κ1) is 27.0. The zero-order chi connectivity index (χ0) is 26.7. The Morgan fingerprint density at radius 3 is 1.18 bits per heavy atom. The van der Waals surface area contributed by atoms with Crippen LogP contribution >= 0.6 is 0 Å². The Labute approximate surface area is 229 Å². The highest BCUT2D eigenvalue weighted by molar-refractivity contribution is 5.93. The third-order valence-corrected chi connectivity index (χ3v) is 7.18. The topological polar surface area (TPSA) is 6.48 Å². The first-order chi connectivity index (χ1) is 18.7. The molecule has 38 heavy (non-hydrogen) atoms. The molecule has 0 aromatic heterocycles. The van der Waals surface area contributed by atoms with Crippen LogP contribution in [0.1, 0.15) is 49.9 Å². The van der Waals surface area contributed by atoms with Gasteiger partial charge < -0.3 is 9.80 Å². The Morgan fingerprint density at radius 2 is 0.789 bits per heavy atom. The van der Waals surface area contributed by atoms with Crippen molar-refractivity contribution in [1.29, 1.82) is 0 Å². The molecule has 0 atom stereocenters. The van der Waals surface area contributed by atoms with E-state index in [1.165, 1.54) is 44.8 Å². The van der Waals surface area contributed by atoms with Crippen LogP contribution in [-0.4, -0.2) is 26.2 Å². The summed E-state index contributed by atoms with van der Waals surface area (Å²) in [7, 11) is 0. The van der Waals surface area contributed by atoms with Gasteiger partial charge in [-0.25, -0.2) is 0 Å². The van der Waals surface area contributed by atoms with Crippen LogP contribution in [0.15, 0.2) is 121 Å². The predicted molar refractivity (Wildman–Crippen MR) is 167 cm³/mol. The van der Waals surface area contributed by atoms with Gasteiger partial charge in [0.1, 0.15) is 0 Å². The van der Waals surface area contributed by atoms with Crippen molar-refractivity contribution in [2.75, 3.05) is 36.0 Å². The van der Waals surface area contributed by atoms with Crippen molar-refractivity contribution in [2.24, 2.45) is 0 Å². The molecule has 0 aliphatic heterocycles. The van der Waals surface area contributed by atoms with Crippen LogP contribution < -0.4 is 9.80 Å². The molecule has 0 bridgehead atoms. The molecule has 0 aliphatic carbocycles. The fourth-order valence-electron chi connectivity index (χ4n) is 5.17. The van der Waals surface area contributed by atoms with Gasteiger partial charge in [0.25, 0.3) is 0 Å². The summed E-state index contributed by atoms with van der Waals surface area (Å²) in [5.41, 5.74) is 9.93. The van der Waals surface area contributed by atoms with Crippen molar-refractivity contribution in [1.82, 2.24) is 0 Å². The number of para-hydroxylation sites is 2. The second-order valence-electron chi connectivity index (χ2n) is 9.27. The molecular weight excluding hydrogens is 460 g/mol. The van der Waals surface area contributed by atoms with Crippen LogP contribution in [0.5, 0.6) is 0 Å². The average Bonchev–Trinajstić information content (AvgIpc) is 2.98. The van der Waals surface area contributed by atoms with Crippen molar-refractivity contribution in [2.45, 2.75) is 27.7 Å². The monoisotopic (exact) mass is 500 g/mol. The largest absolute Gasteiger partial charge is 0.372 e. The van der Waals surface area contributed by atoms with Crippen molar-refractivity contribution in [3.63, 3.8) is 0 Å². The number of hydrogen-bond acceptors (Lipinski definition) is 2. The number of benzene rings is 4.